The van der Waals surface area contributed by atoms with Crippen LogP contribution in [0.5, 0.6) is 0 Å². The van der Waals surface area contributed by atoms with E-state index in [0.29, 0.717) is 23.1 Å². The van der Waals surface area contributed by atoms with Gasteiger partial charge in [0.1, 0.15) is 0 Å². The first-order valence-corrected chi connectivity index (χ1v) is 10.3. The van der Waals surface area contributed by atoms with Crippen molar-refractivity contribution in [3.63, 3.8) is 0 Å². The normalized spacial score (nSPS) is 32.6. The second-order valence-electron chi connectivity index (χ2n) is 8.64. The number of carbonyl (C=O) groups excluding carboxylic acids is 1. The molecule has 1 unspecified atom stereocenters. The van der Waals surface area contributed by atoms with E-state index in [1.165, 1.54) is 62.6 Å². The lowest BCUT2D eigenvalue weighted by Crippen LogP contribution is -2.62. The average molecular weight is 341 g/mol. The minimum Gasteiger partial charge on any atom is -0.366 e. The third-order valence-corrected chi connectivity index (χ3v) is 7.44. The van der Waals surface area contributed by atoms with Gasteiger partial charge in [-0.15, -0.1) is 0 Å². The molecule has 136 valence electrons. The lowest BCUT2D eigenvalue weighted by molar-refractivity contribution is -0.0316. The Hall–Kier alpha value is -1.35. The lowest BCUT2D eigenvalue weighted by atomic mass is 9.52. The molecule has 1 aliphatic heterocycles. The molecular weight excluding hydrogens is 308 g/mol. The molecule has 0 aromatic heterocycles. The Morgan fingerprint density at radius 1 is 1.36 bits per heavy atom. The number of amides is 1. The summed E-state index contributed by atoms with van der Waals surface area (Å²) in [7, 11) is 0. The Bertz CT molecular complexity index is 670. The number of primary amides is 1. The molecule has 1 aromatic carbocycles. The van der Waals surface area contributed by atoms with Crippen LogP contribution in [0.1, 0.15) is 80.3 Å². The zero-order chi connectivity index (χ0) is 17.6. The molecule has 1 amide bonds. The predicted molar refractivity (Wildman–Crippen MR) is 102 cm³/mol. The second kappa shape index (κ2) is 6.42. The predicted octanol–water partition coefficient (Wildman–Crippen LogP) is 4.03. The molecule has 3 heteroatoms. The highest BCUT2D eigenvalue weighted by molar-refractivity contribution is 5.93. The van der Waals surface area contributed by atoms with E-state index in [1.54, 1.807) is 0 Å². The van der Waals surface area contributed by atoms with Gasteiger partial charge in [-0.3, -0.25) is 9.69 Å². The number of benzene rings is 1. The maximum absolute atomic E-state index is 11.7. The molecule has 1 aromatic rings. The van der Waals surface area contributed by atoms with Gasteiger partial charge >= 0.3 is 0 Å². The van der Waals surface area contributed by atoms with Crippen molar-refractivity contribution in [3.8, 4) is 0 Å². The Morgan fingerprint density at radius 3 is 2.96 bits per heavy atom. The summed E-state index contributed by atoms with van der Waals surface area (Å²) < 4.78 is 0. The first kappa shape index (κ1) is 17.1. The molecule has 0 spiro atoms. The summed E-state index contributed by atoms with van der Waals surface area (Å²) >= 11 is 0. The van der Waals surface area contributed by atoms with Gasteiger partial charge in [0.2, 0.25) is 5.91 Å². The second-order valence-corrected chi connectivity index (χ2v) is 8.64. The zero-order valence-electron chi connectivity index (χ0n) is 15.8. The first-order chi connectivity index (χ1) is 12.1. The molecule has 4 rings (SSSR count). The van der Waals surface area contributed by atoms with Crippen LogP contribution in [0.2, 0.25) is 0 Å². The molecule has 25 heavy (non-hydrogen) atoms. The summed E-state index contributed by atoms with van der Waals surface area (Å²) in [6.45, 7) is 5.93. The van der Waals surface area contributed by atoms with Crippen LogP contribution in [0.15, 0.2) is 18.2 Å². The van der Waals surface area contributed by atoms with Gasteiger partial charge in [-0.05, 0) is 74.8 Å². The monoisotopic (exact) mass is 340 g/mol. The molecule has 2 aliphatic carbocycles. The van der Waals surface area contributed by atoms with Gasteiger partial charge in [0, 0.05) is 23.1 Å². The van der Waals surface area contributed by atoms with E-state index in [2.05, 4.69) is 30.9 Å². The van der Waals surface area contributed by atoms with Crippen LogP contribution in [0.3, 0.4) is 0 Å². The molecule has 2 bridgehead atoms. The third-order valence-electron chi connectivity index (χ3n) is 7.44. The van der Waals surface area contributed by atoms with Crippen LogP contribution in [-0.2, 0) is 11.8 Å². The fourth-order valence-corrected chi connectivity index (χ4v) is 6.32. The Kier molecular flexibility index (Phi) is 4.39. The van der Waals surface area contributed by atoms with Crippen LogP contribution in [0.4, 0.5) is 0 Å². The van der Waals surface area contributed by atoms with Crippen molar-refractivity contribution in [1.82, 2.24) is 4.90 Å². The number of hydrogen-bond acceptors (Lipinski definition) is 2. The van der Waals surface area contributed by atoms with E-state index in [1.807, 2.05) is 6.07 Å². The molecular formula is C22H32N2O. The summed E-state index contributed by atoms with van der Waals surface area (Å²) in [6, 6.07) is 7.65. The molecule has 0 radical (unpaired) electrons. The SMILES string of the molecule is CCC[C@@H](C)N1CCC23CCCC[C@H]2[C@H]1Cc1ccc(C(N)=O)cc13. The Labute approximate surface area is 152 Å². The highest BCUT2D eigenvalue weighted by Gasteiger charge is 2.54. The van der Waals surface area contributed by atoms with E-state index < -0.39 is 0 Å². The van der Waals surface area contributed by atoms with Gasteiger partial charge in [-0.25, -0.2) is 0 Å². The van der Waals surface area contributed by atoms with Crippen molar-refractivity contribution in [3.05, 3.63) is 34.9 Å². The van der Waals surface area contributed by atoms with E-state index in [-0.39, 0.29) is 5.91 Å². The molecule has 3 aliphatic rings. The van der Waals surface area contributed by atoms with Gasteiger partial charge in [0.25, 0.3) is 0 Å². The summed E-state index contributed by atoms with van der Waals surface area (Å²) in [4.78, 5) is 14.6. The smallest absolute Gasteiger partial charge is 0.248 e. The number of carbonyl (C=O) groups is 1. The van der Waals surface area contributed by atoms with Crippen LogP contribution in [-0.4, -0.2) is 29.4 Å². The van der Waals surface area contributed by atoms with Crippen molar-refractivity contribution in [2.75, 3.05) is 6.54 Å². The minimum atomic E-state index is -0.289. The summed E-state index contributed by atoms with van der Waals surface area (Å²) in [5.41, 5.74) is 9.52. The standard InChI is InChI=1S/C22H32N2O/c1-3-6-15(2)24-12-11-22-10-5-4-7-18(22)20(24)14-16-8-9-17(21(23)25)13-19(16)22/h8-9,13,15,18,20H,3-7,10-12,14H2,1-2H3,(H2,23,25)/t15-,18+,20-,22?/m1/s1. The van der Waals surface area contributed by atoms with Crippen LogP contribution in [0, 0.1) is 5.92 Å². The number of hydrogen-bond donors (Lipinski definition) is 1. The molecule has 1 saturated carbocycles. The maximum Gasteiger partial charge on any atom is 0.248 e. The van der Waals surface area contributed by atoms with Crippen molar-refractivity contribution < 1.29 is 4.79 Å². The third kappa shape index (κ3) is 2.63. The molecule has 4 atom stereocenters. The number of rotatable bonds is 4. The van der Waals surface area contributed by atoms with E-state index >= 15 is 0 Å². The highest BCUT2D eigenvalue weighted by atomic mass is 16.1. The topological polar surface area (TPSA) is 46.3 Å². The van der Waals surface area contributed by atoms with Crippen LogP contribution >= 0.6 is 0 Å². The summed E-state index contributed by atoms with van der Waals surface area (Å²) in [6.07, 6.45) is 10.3. The molecule has 2 N–H and O–H groups in total. The minimum absolute atomic E-state index is 0.289. The fourth-order valence-electron chi connectivity index (χ4n) is 6.32. The van der Waals surface area contributed by atoms with Gasteiger partial charge in [0.15, 0.2) is 0 Å². The summed E-state index contributed by atoms with van der Waals surface area (Å²) in [5, 5.41) is 0. The van der Waals surface area contributed by atoms with E-state index in [9.17, 15) is 4.79 Å². The Morgan fingerprint density at radius 2 is 2.20 bits per heavy atom. The van der Waals surface area contributed by atoms with Gasteiger partial charge in [-0.2, -0.15) is 0 Å². The van der Waals surface area contributed by atoms with Gasteiger partial charge in [0.05, 0.1) is 0 Å². The molecule has 2 fully saturated rings. The quantitative estimate of drug-likeness (QED) is 0.899. The maximum atomic E-state index is 11.7. The van der Waals surface area contributed by atoms with Crippen molar-refractivity contribution in [1.29, 1.82) is 0 Å². The molecule has 1 heterocycles. The largest absolute Gasteiger partial charge is 0.366 e. The van der Waals surface area contributed by atoms with Crippen molar-refractivity contribution in [2.24, 2.45) is 11.7 Å². The van der Waals surface area contributed by atoms with Crippen LogP contribution in [0.25, 0.3) is 0 Å². The summed E-state index contributed by atoms with van der Waals surface area (Å²) in [5.74, 6) is 0.465. The zero-order valence-corrected chi connectivity index (χ0v) is 15.8. The number of fused-ring (bicyclic) bond motifs is 1. The van der Waals surface area contributed by atoms with Crippen molar-refractivity contribution >= 4 is 5.91 Å². The number of nitrogens with zero attached hydrogens (tertiary/aromatic N) is 1. The fraction of sp³-hybridized carbons (Fsp3) is 0.682. The van der Waals surface area contributed by atoms with E-state index in [0.717, 1.165) is 12.3 Å². The van der Waals surface area contributed by atoms with Crippen molar-refractivity contribution in [2.45, 2.75) is 82.7 Å². The highest BCUT2D eigenvalue weighted by Crippen LogP contribution is 2.56. The number of piperidine rings is 1. The number of likely N-dealkylation sites (tertiary alicyclic amines) is 1. The lowest BCUT2D eigenvalue weighted by Gasteiger charge is -2.60. The van der Waals surface area contributed by atoms with Crippen LogP contribution < -0.4 is 5.73 Å². The van der Waals surface area contributed by atoms with Gasteiger partial charge < -0.3 is 5.73 Å². The van der Waals surface area contributed by atoms with E-state index in [4.69, 9.17) is 5.73 Å². The molecule has 3 nitrogen and oxygen atoms in total. The number of nitrogens with two attached hydrogens (primary N) is 1. The van der Waals surface area contributed by atoms with Gasteiger partial charge in [-0.1, -0.05) is 32.3 Å². The first-order valence-electron chi connectivity index (χ1n) is 10.3. The Balaban J connectivity index is 1.77. The average Bonchev–Trinajstić information content (AvgIpc) is 2.61. The molecule has 1 saturated heterocycles.